The van der Waals surface area contributed by atoms with Crippen molar-refractivity contribution in [3.63, 3.8) is 0 Å². The Morgan fingerprint density at radius 3 is 2.54 bits per heavy atom. The van der Waals surface area contributed by atoms with Crippen molar-refractivity contribution in [2.75, 3.05) is 4.72 Å². The predicted molar refractivity (Wildman–Crippen MR) is 82.7 cm³/mol. The predicted octanol–water partition coefficient (Wildman–Crippen LogP) is 3.04. The zero-order valence-corrected chi connectivity index (χ0v) is 14.3. The third-order valence-electron chi connectivity index (χ3n) is 3.15. The molecule has 0 aliphatic heterocycles. The smallest absolute Gasteiger partial charge is 0.272 e. The second-order valence-corrected chi connectivity index (χ2v) is 7.07. The zero-order valence-electron chi connectivity index (χ0n) is 12.7. The first-order valence-electron chi connectivity index (χ1n) is 6.77. The summed E-state index contributed by atoms with van der Waals surface area (Å²) >= 11 is 5.73. The molecule has 138 valence electrons. The normalized spacial score (nSPS) is 12.5. The molecule has 1 aromatic carbocycles. The number of aromatic nitrogens is 4. The van der Waals surface area contributed by atoms with Gasteiger partial charge in [-0.3, -0.25) is 4.72 Å². The minimum Gasteiger partial charge on any atom is -0.272 e. The largest absolute Gasteiger partial charge is 0.433 e. The number of sulfonamides is 1. The molecular formula is C13H8ClF4N5O2S. The Hall–Kier alpha value is -2.47. The number of halogens is 5. The molecule has 0 aliphatic rings. The van der Waals surface area contributed by atoms with Crippen LogP contribution in [0.5, 0.6) is 0 Å². The number of fused-ring (bicyclic) bond motifs is 1. The van der Waals surface area contributed by atoms with Gasteiger partial charge in [0.1, 0.15) is 11.5 Å². The first kappa shape index (κ1) is 18.3. The Balaban J connectivity index is 2.13. The molecule has 0 saturated carbocycles. The van der Waals surface area contributed by atoms with Gasteiger partial charge in [-0.05, 0) is 25.1 Å². The van der Waals surface area contributed by atoms with Gasteiger partial charge in [0.15, 0.2) is 5.69 Å². The van der Waals surface area contributed by atoms with Gasteiger partial charge in [-0.25, -0.2) is 9.37 Å². The number of hydrogen-bond donors (Lipinski definition) is 1. The van der Waals surface area contributed by atoms with Crippen LogP contribution in [0.25, 0.3) is 5.78 Å². The standard InChI is InChI=1S/C13H8ClF4N5O2S/c1-6-5-9(13(16,17)18)23-11(19-6)20-12(21-23)26(24,25)22-10-7(14)3-2-4-8(10)15/h2-5,22H,1H3. The van der Waals surface area contributed by atoms with Crippen molar-refractivity contribution in [3.05, 3.63) is 46.5 Å². The average Bonchev–Trinajstić information content (AvgIpc) is 2.94. The van der Waals surface area contributed by atoms with E-state index in [2.05, 4.69) is 15.1 Å². The number of benzene rings is 1. The maximum absolute atomic E-state index is 13.8. The summed E-state index contributed by atoms with van der Waals surface area (Å²) < 4.78 is 79.8. The quantitative estimate of drug-likeness (QED) is 0.672. The number of aryl methyl sites for hydroxylation is 1. The molecule has 0 unspecified atom stereocenters. The van der Waals surface area contributed by atoms with Crippen LogP contribution in [-0.4, -0.2) is 28.0 Å². The van der Waals surface area contributed by atoms with Crippen LogP contribution in [0.15, 0.2) is 29.4 Å². The fourth-order valence-corrected chi connectivity index (χ4v) is 3.28. The van der Waals surface area contributed by atoms with Crippen LogP contribution in [0.3, 0.4) is 0 Å². The number of anilines is 1. The van der Waals surface area contributed by atoms with Crippen LogP contribution >= 0.6 is 11.6 Å². The molecule has 2 aromatic heterocycles. The van der Waals surface area contributed by atoms with Gasteiger partial charge in [0.05, 0.1) is 5.02 Å². The molecule has 0 spiro atoms. The number of nitrogens with one attached hydrogen (secondary N) is 1. The second kappa shape index (κ2) is 6.06. The monoisotopic (exact) mass is 409 g/mol. The van der Waals surface area contributed by atoms with E-state index in [1.807, 2.05) is 4.72 Å². The molecule has 7 nitrogen and oxygen atoms in total. The topological polar surface area (TPSA) is 89.3 Å². The number of rotatable bonds is 3. The molecule has 0 amide bonds. The van der Waals surface area contributed by atoms with Crippen molar-refractivity contribution in [1.29, 1.82) is 0 Å². The minimum atomic E-state index is -4.82. The van der Waals surface area contributed by atoms with Gasteiger partial charge >= 0.3 is 6.18 Å². The van der Waals surface area contributed by atoms with Gasteiger partial charge in [0.2, 0.25) is 0 Å². The van der Waals surface area contributed by atoms with Gasteiger partial charge in [-0.1, -0.05) is 17.7 Å². The van der Waals surface area contributed by atoms with E-state index in [4.69, 9.17) is 11.6 Å². The highest BCUT2D eigenvalue weighted by atomic mass is 35.5. The van der Waals surface area contributed by atoms with Crippen LogP contribution in [0.4, 0.5) is 23.2 Å². The Kier molecular flexibility index (Phi) is 4.27. The number of nitrogens with zero attached hydrogens (tertiary/aromatic N) is 4. The SMILES string of the molecule is Cc1cc(C(F)(F)F)n2nc(S(=O)(=O)Nc3c(F)cccc3Cl)nc2n1. The van der Waals surface area contributed by atoms with Crippen molar-refractivity contribution >= 4 is 33.1 Å². The Bertz CT molecular complexity index is 1090. The highest BCUT2D eigenvalue weighted by Gasteiger charge is 2.36. The first-order valence-corrected chi connectivity index (χ1v) is 8.63. The van der Waals surface area contributed by atoms with Crippen LogP contribution in [-0.2, 0) is 16.2 Å². The summed E-state index contributed by atoms with van der Waals surface area (Å²) in [5.74, 6) is -1.55. The highest BCUT2D eigenvalue weighted by Crippen LogP contribution is 2.30. The Morgan fingerprint density at radius 2 is 1.92 bits per heavy atom. The molecule has 0 radical (unpaired) electrons. The Labute approximate surface area is 148 Å². The van der Waals surface area contributed by atoms with Crippen molar-refractivity contribution in [2.24, 2.45) is 0 Å². The van der Waals surface area contributed by atoms with E-state index in [0.717, 1.165) is 6.07 Å². The van der Waals surface area contributed by atoms with Crippen LogP contribution in [0.1, 0.15) is 11.4 Å². The van der Waals surface area contributed by atoms with Crippen molar-refractivity contribution in [2.45, 2.75) is 18.3 Å². The lowest BCUT2D eigenvalue weighted by atomic mass is 10.3. The third kappa shape index (κ3) is 3.29. The van der Waals surface area contributed by atoms with Crippen LogP contribution in [0.2, 0.25) is 5.02 Å². The fraction of sp³-hybridized carbons (Fsp3) is 0.154. The van der Waals surface area contributed by atoms with Crippen molar-refractivity contribution in [3.8, 4) is 0 Å². The summed E-state index contributed by atoms with van der Waals surface area (Å²) in [4.78, 5) is 7.22. The van der Waals surface area contributed by atoms with E-state index in [1.54, 1.807) is 0 Å². The molecule has 0 atom stereocenters. The minimum absolute atomic E-state index is 0.0359. The maximum Gasteiger partial charge on any atom is 0.433 e. The lowest BCUT2D eigenvalue weighted by molar-refractivity contribution is -0.142. The summed E-state index contributed by atoms with van der Waals surface area (Å²) in [6.07, 6.45) is -4.82. The zero-order chi connectivity index (χ0) is 19.3. The van der Waals surface area contributed by atoms with Gasteiger partial charge in [-0.15, -0.1) is 5.10 Å². The van der Waals surface area contributed by atoms with Gasteiger partial charge in [0, 0.05) is 5.69 Å². The molecule has 0 bridgehead atoms. The van der Waals surface area contributed by atoms with Gasteiger partial charge in [-0.2, -0.15) is 31.1 Å². The molecule has 1 N–H and O–H groups in total. The third-order valence-corrected chi connectivity index (χ3v) is 4.59. The average molecular weight is 410 g/mol. The Morgan fingerprint density at radius 1 is 1.23 bits per heavy atom. The van der Waals surface area contributed by atoms with Crippen LogP contribution in [0, 0.1) is 12.7 Å². The van der Waals surface area contributed by atoms with E-state index in [-0.39, 0.29) is 15.2 Å². The first-order chi connectivity index (χ1) is 12.0. The fourth-order valence-electron chi connectivity index (χ4n) is 2.06. The molecule has 3 aromatic rings. The number of alkyl halides is 3. The summed E-state index contributed by atoms with van der Waals surface area (Å²) in [7, 11) is -4.62. The molecule has 0 saturated heterocycles. The maximum atomic E-state index is 13.8. The number of hydrogen-bond acceptors (Lipinski definition) is 5. The van der Waals surface area contributed by atoms with Gasteiger partial charge < -0.3 is 0 Å². The lowest BCUT2D eigenvalue weighted by Gasteiger charge is -2.08. The van der Waals surface area contributed by atoms with E-state index in [9.17, 15) is 26.0 Å². The molecule has 2 heterocycles. The summed E-state index contributed by atoms with van der Waals surface area (Å²) in [6, 6.07) is 4.12. The molecule has 0 aliphatic carbocycles. The van der Waals surface area contributed by atoms with Gasteiger partial charge in [0.25, 0.3) is 21.0 Å². The highest BCUT2D eigenvalue weighted by molar-refractivity contribution is 7.92. The summed E-state index contributed by atoms with van der Waals surface area (Å²) in [5.41, 5.74) is -1.86. The summed E-state index contributed by atoms with van der Waals surface area (Å²) in [5, 5.41) is 2.09. The van der Waals surface area contributed by atoms with Crippen molar-refractivity contribution < 1.29 is 26.0 Å². The molecule has 0 fully saturated rings. The molecule has 26 heavy (non-hydrogen) atoms. The van der Waals surface area contributed by atoms with E-state index >= 15 is 0 Å². The molecular weight excluding hydrogens is 402 g/mol. The summed E-state index contributed by atoms with van der Waals surface area (Å²) in [6.45, 7) is 1.29. The van der Waals surface area contributed by atoms with Crippen LogP contribution < -0.4 is 4.72 Å². The van der Waals surface area contributed by atoms with E-state index < -0.39 is 44.3 Å². The van der Waals surface area contributed by atoms with Crippen molar-refractivity contribution in [1.82, 2.24) is 19.6 Å². The second-order valence-electron chi connectivity index (χ2n) is 5.09. The molecule has 13 heteroatoms. The molecule has 3 rings (SSSR count). The van der Waals surface area contributed by atoms with E-state index in [0.29, 0.717) is 6.07 Å². The lowest BCUT2D eigenvalue weighted by Crippen LogP contribution is -2.17. The van der Waals surface area contributed by atoms with E-state index in [1.165, 1.54) is 19.1 Å². The number of para-hydroxylation sites is 1.